The van der Waals surface area contributed by atoms with Crippen molar-refractivity contribution in [3.63, 3.8) is 0 Å². The van der Waals surface area contributed by atoms with E-state index >= 15 is 0 Å². The molecule has 0 fully saturated rings. The van der Waals surface area contributed by atoms with E-state index in [2.05, 4.69) is 35.8 Å². The number of phosphoric ester groups is 1. The quantitative estimate of drug-likeness (QED) is 0.0864. The molecule has 0 aromatic rings. The summed E-state index contributed by atoms with van der Waals surface area (Å²) in [5.74, 6) is -0.425. The minimum absolute atomic E-state index is 0. The summed E-state index contributed by atoms with van der Waals surface area (Å²) in [7, 11) is -4.62. The maximum Gasteiger partial charge on any atom is 0.469 e. The number of aliphatic hydroxyl groups excluding tert-OH is 1. The van der Waals surface area contributed by atoms with Crippen LogP contribution in [0, 0.1) is 0 Å². The van der Waals surface area contributed by atoms with E-state index in [4.69, 9.17) is 14.5 Å². The standard InChI is InChI=1S/C21H39O7P.Na/c1-2-3-4-5-6-7-8-9-10-11-12-13-14-15-16-17-21(23)27-18-20(22)19-28-29(24,25)26;/h6-7,9-10,20,22H,2-5,8,11-19H2,1H3,(H2,24,25,26);/b7-6-,10-9-;/t20-;/m1./s1. The summed E-state index contributed by atoms with van der Waals surface area (Å²) < 4.78 is 19.5. The maximum atomic E-state index is 11.5. The summed E-state index contributed by atoms with van der Waals surface area (Å²) in [6.07, 6.45) is 20.1. The van der Waals surface area contributed by atoms with Crippen LogP contribution in [0.4, 0.5) is 0 Å². The van der Waals surface area contributed by atoms with Crippen LogP contribution in [-0.2, 0) is 18.6 Å². The van der Waals surface area contributed by atoms with Gasteiger partial charge in [-0.15, -0.1) is 0 Å². The molecule has 0 aliphatic carbocycles. The largest absolute Gasteiger partial charge is 0.469 e. The first kappa shape index (κ1) is 32.2. The molecule has 1 radical (unpaired) electrons. The molecule has 0 unspecified atom stereocenters. The number of hydrogen-bond acceptors (Lipinski definition) is 5. The third-order valence-electron chi connectivity index (χ3n) is 4.20. The average molecular weight is 458 g/mol. The fraction of sp³-hybridized carbons (Fsp3) is 0.762. The molecule has 0 aromatic carbocycles. The third-order valence-corrected chi connectivity index (χ3v) is 4.69. The van der Waals surface area contributed by atoms with Crippen molar-refractivity contribution in [1.82, 2.24) is 0 Å². The number of carbonyl (C=O) groups is 1. The van der Waals surface area contributed by atoms with Crippen molar-refractivity contribution >= 4 is 43.3 Å². The van der Waals surface area contributed by atoms with Crippen LogP contribution in [0.5, 0.6) is 0 Å². The number of allylic oxidation sites excluding steroid dienone is 4. The Balaban J connectivity index is 0. The monoisotopic (exact) mass is 457 g/mol. The zero-order chi connectivity index (χ0) is 21.8. The first-order valence-electron chi connectivity index (χ1n) is 10.7. The predicted octanol–water partition coefficient (Wildman–Crippen LogP) is 4.43. The SMILES string of the molecule is CCCCC/C=C\C/C=C\CCCCCCCC(=O)OC[C@@H](O)COP(=O)(O)O.[Na]. The fourth-order valence-electron chi connectivity index (χ4n) is 2.57. The van der Waals surface area contributed by atoms with Gasteiger partial charge in [-0.25, -0.2) is 4.57 Å². The Hall–Kier alpha value is 0.0200. The van der Waals surface area contributed by atoms with Gasteiger partial charge in [-0.05, 0) is 38.5 Å². The zero-order valence-corrected chi connectivity index (χ0v) is 21.6. The second-order valence-corrected chi connectivity index (χ2v) is 8.34. The molecule has 0 spiro atoms. The number of carbonyl (C=O) groups excluding carboxylic acids is 1. The Morgan fingerprint density at radius 1 is 0.900 bits per heavy atom. The number of ether oxygens (including phenoxy) is 1. The van der Waals surface area contributed by atoms with Crippen LogP contribution in [0.25, 0.3) is 0 Å². The van der Waals surface area contributed by atoms with Crippen LogP contribution in [0.15, 0.2) is 24.3 Å². The van der Waals surface area contributed by atoms with E-state index in [-0.39, 0.29) is 42.6 Å². The van der Waals surface area contributed by atoms with Crippen molar-refractivity contribution in [3.05, 3.63) is 24.3 Å². The van der Waals surface area contributed by atoms with Crippen LogP contribution >= 0.6 is 7.82 Å². The summed E-state index contributed by atoms with van der Waals surface area (Å²) in [5.41, 5.74) is 0. The molecule has 0 bridgehead atoms. The molecule has 0 aliphatic heterocycles. The molecule has 171 valence electrons. The summed E-state index contributed by atoms with van der Waals surface area (Å²) in [6.45, 7) is 1.30. The van der Waals surface area contributed by atoms with Gasteiger partial charge in [0.25, 0.3) is 0 Å². The van der Waals surface area contributed by atoms with Gasteiger partial charge in [0.1, 0.15) is 12.7 Å². The van der Waals surface area contributed by atoms with E-state index in [0.717, 1.165) is 44.9 Å². The van der Waals surface area contributed by atoms with Gasteiger partial charge in [-0.3, -0.25) is 9.32 Å². The Labute approximate surface area is 203 Å². The molecular weight excluding hydrogens is 418 g/mol. The third kappa shape index (κ3) is 26.1. The molecule has 3 N–H and O–H groups in total. The Kier molecular flexibility index (Phi) is 23.9. The zero-order valence-electron chi connectivity index (χ0n) is 18.7. The van der Waals surface area contributed by atoms with E-state index in [1.54, 1.807) is 0 Å². The van der Waals surface area contributed by atoms with Gasteiger partial charge in [0.15, 0.2) is 0 Å². The van der Waals surface area contributed by atoms with Crippen molar-refractivity contribution in [2.24, 2.45) is 0 Å². The van der Waals surface area contributed by atoms with Gasteiger partial charge in [-0.1, -0.05) is 63.3 Å². The van der Waals surface area contributed by atoms with Crippen molar-refractivity contribution in [2.45, 2.75) is 90.1 Å². The van der Waals surface area contributed by atoms with Crippen LogP contribution in [0.3, 0.4) is 0 Å². The van der Waals surface area contributed by atoms with Gasteiger partial charge in [-0.2, -0.15) is 0 Å². The van der Waals surface area contributed by atoms with Gasteiger partial charge in [0.2, 0.25) is 0 Å². The number of rotatable bonds is 19. The van der Waals surface area contributed by atoms with Crippen molar-refractivity contribution in [3.8, 4) is 0 Å². The molecule has 30 heavy (non-hydrogen) atoms. The molecule has 0 heterocycles. The van der Waals surface area contributed by atoms with Crippen LogP contribution in [-0.4, -0.2) is 69.7 Å². The summed E-state index contributed by atoms with van der Waals surface area (Å²) in [5, 5.41) is 9.41. The average Bonchev–Trinajstić information content (AvgIpc) is 2.67. The van der Waals surface area contributed by atoms with Crippen LogP contribution in [0.1, 0.15) is 84.0 Å². The molecule has 0 aliphatic rings. The van der Waals surface area contributed by atoms with Crippen LogP contribution < -0.4 is 0 Å². The molecule has 0 rings (SSSR count). The second kappa shape index (κ2) is 22.2. The maximum absolute atomic E-state index is 11.5. The fourth-order valence-corrected chi connectivity index (χ4v) is 2.94. The van der Waals surface area contributed by atoms with E-state index in [1.807, 2.05) is 0 Å². The molecule has 9 heteroatoms. The predicted molar refractivity (Wildman–Crippen MR) is 120 cm³/mol. The van der Waals surface area contributed by atoms with E-state index in [0.29, 0.717) is 0 Å². The van der Waals surface area contributed by atoms with E-state index in [9.17, 15) is 14.5 Å². The molecule has 0 saturated carbocycles. The first-order valence-corrected chi connectivity index (χ1v) is 12.2. The van der Waals surface area contributed by atoms with Gasteiger partial charge in [0, 0.05) is 36.0 Å². The summed E-state index contributed by atoms with van der Waals surface area (Å²) in [4.78, 5) is 28.6. The van der Waals surface area contributed by atoms with Crippen LogP contribution in [0.2, 0.25) is 0 Å². The molecule has 1 atom stereocenters. The minimum atomic E-state index is -4.62. The number of hydrogen-bond donors (Lipinski definition) is 3. The topological polar surface area (TPSA) is 113 Å². The Morgan fingerprint density at radius 2 is 1.47 bits per heavy atom. The molecule has 0 amide bonds. The van der Waals surface area contributed by atoms with Gasteiger partial charge >= 0.3 is 13.8 Å². The number of esters is 1. The molecule has 0 aromatic heterocycles. The minimum Gasteiger partial charge on any atom is -0.463 e. The normalized spacial score (nSPS) is 12.9. The summed E-state index contributed by atoms with van der Waals surface area (Å²) in [6, 6.07) is 0. The summed E-state index contributed by atoms with van der Waals surface area (Å²) >= 11 is 0. The van der Waals surface area contributed by atoms with Crippen molar-refractivity contribution in [2.75, 3.05) is 13.2 Å². The molecule has 0 saturated heterocycles. The second-order valence-electron chi connectivity index (χ2n) is 7.10. The number of unbranched alkanes of at least 4 members (excludes halogenated alkanes) is 8. The smallest absolute Gasteiger partial charge is 0.463 e. The molecule has 7 nitrogen and oxygen atoms in total. The Morgan fingerprint density at radius 3 is 2.07 bits per heavy atom. The van der Waals surface area contributed by atoms with Crippen molar-refractivity contribution in [1.29, 1.82) is 0 Å². The number of aliphatic hydroxyl groups is 1. The first-order chi connectivity index (χ1) is 13.8. The number of phosphoric acid groups is 1. The van der Waals surface area contributed by atoms with E-state index in [1.165, 1.54) is 25.7 Å². The van der Waals surface area contributed by atoms with E-state index < -0.39 is 26.5 Å². The molecular formula is C21H39NaO7P. The van der Waals surface area contributed by atoms with Crippen molar-refractivity contribution < 1.29 is 33.5 Å². The Bertz CT molecular complexity index is 506. The van der Waals surface area contributed by atoms with Gasteiger partial charge in [0.05, 0.1) is 6.61 Å². The van der Waals surface area contributed by atoms with Gasteiger partial charge < -0.3 is 19.6 Å².